The lowest BCUT2D eigenvalue weighted by Crippen LogP contribution is -2.16. The van der Waals surface area contributed by atoms with Gasteiger partial charge in [0.25, 0.3) is 5.91 Å². The number of carbonyl (C=O) groups excluding carboxylic acids is 2. The summed E-state index contributed by atoms with van der Waals surface area (Å²) in [7, 11) is 1.34. The molecule has 0 unspecified atom stereocenters. The van der Waals surface area contributed by atoms with Gasteiger partial charge < -0.3 is 9.30 Å². The van der Waals surface area contributed by atoms with Crippen molar-refractivity contribution in [3.63, 3.8) is 0 Å². The number of ether oxygens (including phenoxy) is 1. The molecule has 1 amide bonds. The van der Waals surface area contributed by atoms with E-state index in [0.29, 0.717) is 15.9 Å². The Balaban J connectivity index is 1.69. The second kappa shape index (κ2) is 9.06. The van der Waals surface area contributed by atoms with E-state index < -0.39 is 5.97 Å². The van der Waals surface area contributed by atoms with Gasteiger partial charge in [-0.1, -0.05) is 41.5 Å². The third-order valence-electron chi connectivity index (χ3n) is 5.27. The molecule has 2 aromatic carbocycles. The van der Waals surface area contributed by atoms with Gasteiger partial charge in [0.05, 0.1) is 51.1 Å². The van der Waals surface area contributed by atoms with Gasteiger partial charge in [0.1, 0.15) is 0 Å². The van der Waals surface area contributed by atoms with Gasteiger partial charge in [-0.15, -0.1) is 17.8 Å². The minimum Gasteiger partial charge on any atom is -0.465 e. The predicted molar refractivity (Wildman–Crippen MR) is 135 cm³/mol. The van der Waals surface area contributed by atoms with Crippen LogP contribution >= 0.6 is 22.7 Å². The quantitative estimate of drug-likeness (QED) is 0.262. The molecule has 0 aliphatic carbocycles. The van der Waals surface area contributed by atoms with Crippen LogP contribution < -0.4 is 4.80 Å². The van der Waals surface area contributed by atoms with E-state index in [1.54, 1.807) is 40.2 Å². The molecule has 0 saturated heterocycles. The number of esters is 1. The molecule has 0 atom stereocenters. The van der Waals surface area contributed by atoms with Gasteiger partial charge in [-0.25, -0.2) is 9.78 Å². The summed E-state index contributed by atoms with van der Waals surface area (Å²) in [6, 6.07) is 18.4. The van der Waals surface area contributed by atoms with Crippen LogP contribution in [0.4, 0.5) is 0 Å². The number of aromatic nitrogens is 2. The fourth-order valence-corrected chi connectivity index (χ4v) is 5.45. The third-order valence-corrected chi connectivity index (χ3v) is 7.20. The molecule has 166 valence electrons. The molecule has 34 heavy (non-hydrogen) atoms. The van der Waals surface area contributed by atoms with Crippen molar-refractivity contribution in [3.05, 3.63) is 82.0 Å². The molecule has 0 aliphatic rings. The fraction of sp³-hybridized carbons (Fsp3) is 0.0769. The lowest BCUT2D eigenvalue weighted by atomic mass is 10.1. The minimum absolute atomic E-state index is 0.237. The van der Waals surface area contributed by atoms with Crippen molar-refractivity contribution in [3.8, 4) is 22.9 Å². The second-order valence-electron chi connectivity index (χ2n) is 7.32. The Morgan fingerprint density at radius 2 is 2.00 bits per heavy atom. The number of thiazole rings is 1. The number of carbonyl (C=O) groups is 2. The predicted octanol–water partition coefficient (Wildman–Crippen LogP) is 5.14. The Morgan fingerprint density at radius 3 is 2.76 bits per heavy atom. The van der Waals surface area contributed by atoms with Crippen LogP contribution in [-0.2, 0) is 11.3 Å². The summed E-state index contributed by atoms with van der Waals surface area (Å²) in [6.07, 6.45) is 5.60. The molecular weight excluding hydrogens is 466 g/mol. The van der Waals surface area contributed by atoms with Crippen molar-refractivity contribution in [1.82, 2.24) is 9.55 Å². The van der Waals surface area contributed by atoms with E-state index >= 15 is 0 Å². The zero-order valence-corrected chi connectivity index (χ0v) is 19.7. The topological polar surface area (TPSA) is 73.5 Å². The Hall–Kier alpha value is -4.06. The highest BCUT2D eigenvalue weighted by Gasteiger charge is 2.16. The number of amides is 1. The molecule has 3 aromatic heterocycles. The van der Waals surface area contributed by atoms with E-state index in [-0.39, 0.29) is 12.5 Å². The van der Waals surface area contributed by atoms with E-state index in [4.69, 9.17) is 16.1 Å². The van der Waals surface area contributed by atoms with E-state index in [1.165, 1.54) is 18.4 Å². The molecule has 0 fully saturated rings. The van der Waals surface area contributed by atoms with Crippen molar-refractivity contribution >= 4 is 55.7 Å². The van der Waals surface area contributed by atoms with E-state index in [2.05, 4.69) is 10.9 Å². The first-order chi connectivity index (χ1) is 16.6. The zero-order valence-electron chi connectivity index (χ0n) is 18.0. The molecule has 6 nitrogen and oxygen atoms in total. The highest BCUT2D eigenvalue weighted by molar-refractivity contribution is 7.16. The van der Waals surface area contributed by atoms with Crippen molar-refractivity contribution in [2.75, 3.05) is 7.11 Å². The minimum atomic E-state index is -0.433. The molecule has 0 radical (unpaired) electrons. The van der Waals surface area contributed by atoms with E-state index in [0.717, 1.165) is 31.7 Å². The highest BCUT2D eigenvalue weighted by Crippen LogP contribution is 2.28. The van der Waals surface area contributed by atoms with Crippen LogP contribution in [0.25, 0.3) is 31.7 Å². The number of nitrogens with zero attached hydrogens (tertiary/aromatic N) is 3. The summed E-state index contributed by atoms with van der Waals surface area (Å²) >= 11 is 2.85. The second-order valence-corrected chi connectivity index (χ2v) is 9.27. The first kappa shape index (κ1) is 21.8. The van der Waals surface area contributed by atoms with Crippen molar-refractivity contribution in [1.29, 1.82) is 0 Å². The number of benzene rings is 2. The molecule has 3 heterocycles. The number of para-hydroxylation sites is 1. The molecular formula is C26H17N3O3S2. The Kier molecular flexibility index (Phi) is 5.80. The normalized spacial score (nSPS) is 11.6. The van der Waals surface area contributed by atoms with Gasteiger partial charge in [0.15, 0.2) is 4.80 Å². The zero-order chi connectivity index (χ0) is 23.7. The first-order valence-corrected chi connectivity index (χ1v) is 12.0. The van der Waals surface area contributed by atoms with Crippen LogP contribution in [0.15, 0.2) is 71.0 Å². The molecule has 0 N–H and O–H groups in total. The fourth-order valence-electron chi connectivity index (χ4n) is 3.70. The standard InChI is InChI=1S/C26H17N3O3S2/c1-3-12-29-21-11-10-16(25(31)32-2)14-23(21)34-26(29)28-24(30)18-15-20(22-9-6-13-33-22)27-19-8-5-4-7-17(18)19/h1,4-11,13-15H,12H2,2H3. The Bertz CT molecular complexity index is 1670. The average molecular weight is 484 g/mol. The molecule has 0 bridgehead atoms. The SMILES string of the molecule is C#CCn1c(=NC(=O)c2cc(-c3cccs3)nc3ccccc23)sc2cc(C(=O)OC)ccc21. The van der Waals surface area contributed by atoms with E-state index in [9.17, 15) is 9.59 Å². The third kappa shape index (κ3) is 3.92. The van der Waals surface area contributed by atoms with Gasteiger partial charge >= 0.3 is 5.97 Å². The monoisotopic (exact) mass is 483 g/mol. The van der Waals surface area contributed by atoms with Crippen molar-refractivity contribution < 1.29 is 14.3 Å². The maximum Gasteiger partial charge on any atom is 0.337 e. The van der Waals surface area contributed by atoms with Crippen molar-refractivity contribution in [2.24, 2.45) is 4.99 Å². The van der Waals surface area contributed by atoms with Gasteiger partial charge in [0.2, 0.25) is 0 Å². The number of rotatable bonds is 4. The number of thiophene rings is 1. The van der Waals surface area contributed by atoms with Crippen LogP contribution in [0.5, 0.6) is 0 Å². The van der Waals surface area contributed by atoms with Crippen LogP contribution in [0.3, 0.4) is 0 Å². The number of pyridine rings is 1. The summed E-state index contributed by atoms with van der Waals surface area (Å²) in [5.41, 5.74) is 3.13. The lowest BCUT2D eigenvalue weighted by Gasteiger charge is -2.06. The van der Waals surface area contributed by atoms with Gasteiger partial charge in [-0.3, -0.25) is 4.79 Å². The average Bonchev–Trinajstić information content (AvgIpc) is 3.51. The maximum absolute atomic E-state index is 13.5. The molecule has 8 heteroatoms. The smallest absolute Gasteiger partial charge is 0.337 e. The van der Waals surface area contributed by atoms with Crippen LogP contribution in [-0.4, -0.2) is 28.5 Å². The van der Waals surface area contributed by atoms with Crippen LogP contribution in [0, 0.1) is 12.3 Å². The maximum atomic E-state index is 13.5. The number of terminal acetylenes is 1. The molecule has 0 saturated carbocycles. The summed E-state index contributed by atoms with van der Waals surface area (Å²) in [6.45, 7) is 0.237. The molecule has 0 aliphatic heterocycles. The number of fused-ring (bicyclic) bond motifs is 2. The van der Waals surface area contributed by atoms with Crippen molar-refractivity contribution in [2.45, 2.75) is 6.54 Å². The van der Waals surface area contributed by atoms with Crippen LogP contribution in [0.1, 0.15) is 20.7 Å². The van der Waals surface area contributed by atoms with E-state index in [1.807, 2.05) is 41.8 Å². The summed E-state index contributed by atoms with van der Waals surface area (Å²) < 4.78 is 7.39. The Morgan fingerprint density at radius 1 is 1.15 bits per heavy atom. The molecule has 5 aromatic rings. The number of methoxy groups -OCH3 is 1. The molecule has 0 spiro atoms. The summed E-state index contributed by atoms with van der Waals surface area (Å²) in [5.74, 6) is 1.80. The van der Waals surface area contributed by atoms with Gasteiger partial charge in [-0.2, -0.15) is 4.99 Å². The van der Waals surface area contributed by atoms with Gasteiger partial charge in [-0.05, 0) is 41.8 Å². The largest absolute Gasteiger partial charge is 0.465 e. The summed E-state index contributed by atoms with van der Waals surface area (Å²) in [5, 5.41) is 2.70. The number of hydrogen-bond donors (Lipinski definition) is 0. The molecule has 5 rings (SSSR count). The summed E-state index contributed by atoms with van der Waals surface area (Å²) in [4.78, 5) is 36.0. The van der Waals surface area contributed by atoms with Gasteiger partial charge in [0, 0.05) is 5.39 Å². The lowest BCUT2D eigenvalue weighted by molar-refractivity contribution is 0.0601. The Labute approximate surface area is 202 Å². The van der Waals surface area contributed by atoms with Crippen LogP contribution in [0.2, 0.25) is 0 Å². The highest BCUT2D eigenvalue weighted by atomic mass is 32.1. The number of hydrogen-bond acceptors (Lipinski definition) is 6. The first-order valence-electron chi connectivity index (χ1n) is 10.3.